The van der Waals surface area contributed by atoms with Gasteiger partial charge in [0, 0.05) is 31.0 Å². The minimum atomic E-state index is -0.454. The SMILES string of the molecule is CC(=O)SCCC=Cc1cc([N+](=O)[O-])ccn1. The van der Waals surface area contributed by atoms with E-state index in [0.717, 1.165) is 6.42 Å². The fourth-order valence-corrected chi connectivity index (χ4v) is 1.66. The van der Waals surface area contributed by atoms with E-state index in [0.29, 0.717) is 11.4 Å². The lowest BCUT2D eigenvalue weighted by Gasteiger charge is -1.94. The van der Waals surface area contributed by atoms with Crippen LogP contribution in [0, 0.1) is 10.1 Å². The Morgan fingerprint density at radius 1 is 1.65 bits per heavy atom. The van der Waals surface area contributed by atoms with E-state index >= 15 is 0 Å². The van der Waals surface area contributed by atoms with Crippen molar-refractivity contribution in [1.82, 2.24) is 4.98 Å². The summed E-state index contributed by atoms with van der Waals surface area (Å²) in [5, 5.41) is 10.6. The molecule has 0 aliphatic heterocycles. The Bertz CT molecular complexity index is 446. The average Bonchev–Trinajstić information content (AvgIpc) is 2.28. The summed E-state index contributed by atoms with van der Waals surface area (Å²) >= 11 is 1.26. The Balaban J connectivity index is 2.50. The topological polar surface area (TPSA) is 73.1 Å². The molecule has 0 spiro atoms. The summed E-state index contributed by atoms with van der Waals surface area (Å²) < 4.78 is 0. The van der Waals surface area contributed by atoms with E-state index in [1.54, 1.807) is 6.08 Å². The summed E-state index contributed by atoms with van der Waals surface area (Å²) in [6.45, 7) is 1.52. The lowest BCUT2D eigenvalue weighted by atomic mass is 10.3. The number of allylic oxidation sites excluding steroid dienone is 1. The van der Waals surface area contributed by atoms with Crippen LogP contribution in [0.1, 0.15) is 19.0 Å². The highest BCUT2D eigenvalue weighted by atomic mass is 32.2. The summed E-state index contributed by atoms with van der Waals surface area (Å²) in [6, 6.07) is 2.76. The molecule has 0 N–H and O–H groups in total. The second-order valence-corrected chi connectivity index (χ2v) is 4.50. The molecular formula is C11H12N2O3S. The molecule has 0 aliphatic rings. The highest BCUT2D eigenvalue weighted by Crippen LogP contribution is 2.12. The van der Waals surface area contributed by atoms with Gasteiger partial charge in [0.1, 0.15) is 0 Å². The third-order valence-electron chi connectivity index (χ3n) is 1.85. The molecule has 0 radical (unpaired) electrons. The summed E-state index contributed by atoms with van der Waals surface area (Å²) in [6.07, 6.45) is 5.70. The van der Waals surface area contributed by atoms with Crippen LogP contribution in [0.2, 0.25) is 0 Å². The van der Waals surface area contributed by atoms with Crippen molar-refractivity contribution in [3.05, 3.63) is 40.2 Å². The van der Waals surface area contributed by atoms with Gasteiger partial charge in [-0.3, -0.25) is 19.9 Å². The molecule has 0 amide bonds. The molecule has 0 fully saturated rings. The van der Waals surface area contributed by atoms with Crippen LogP contribution in [-0.2, 0) is 4.79 Å². The van der Waals surface area contributed by atoms with Gasteiger partial charge in [-0.1, -0.05) is 17.8 Å². The number of nitro groups is 1. The first-order valence-electron chi connectivity index (χ1n) is 5.00. The maximum Gasteiger partial charge on any atom is 0.273 e. The average molecular weight is 252 g/mol. The van der Waals surface area contributed by atoms with Gasteiger partial charge in [-0.15, -0.1) is 0 Å². The molecule has 6 heteroatoms. The first kappa shape index (κ1) is 13.4. The van der Waals surface area contributed by atoms with Crippen LogP contribution >= 0.6 is 11.8 Å². The number of carbonyl (C=O) groups excluding carboxylic acids is 1. The quantitative estimate of drug-likeness (QED) is 0.457. The number of rotatable bonds is 5. The van der Waals surface area contributed by atoms with E-state index in [4.69, 9.17) is 0 Å². The van der Waals surface area contributed by atoms with Gasteiger partial charge in [-0.2, -0.15) is 0 Å². The number of aromatic nitrogens is 1. The number of nitrogens with zero attached hydrogens (tertiary/aromatic N) is 2. The molecule has 90 valence electrons. The largest absolute Gasteiger partial charge is 0.288 e. The molecule has 5 nitrogen and oxygen atoms in total. The van der Waals surface area contributed by atoms with Crippen LogP contribution in [0.15, 0.2) is 24.4 Å². The van der Waals surface area contributed by atoms with Crippen molar-refractivity contribution in [2.24, 2.45) is 0 Å². The van der Waals surface area contributed by atoms with E-state index < -0.39 is 4.92 Å². The molecule has 0 atom stereocenters. The van der Waals surface area contributed by atoms with E-state index in [-0.39, 0.29) is 10.8 Å². The summed E-state index contributed by atoms with van der Waals surface area (Å²) in [4.78, 5) is 24.7. The van der Waals surface area contributed by atoms with Crippen LogP contribution in [0.5, 0.6) is 0 Å². The summed E-state index contributed by atoms with van der Waals surface area (Å²) in [5.74, 6) is 0.709. The van der Waals surface area contributed by atoms with Gasteiger partial charge in [-0.05, 0) is 12.5 Å². The van der Waals surface area contributed by atoms with Crippen molar-refractivity contribution >= 4 is 28.6 Å². The summed E-state index contributed by atoms with van der Waals surface area (Å²) in [7, 11) is 0. The van der Waals surface area contributed by atoms with Gasteiger partial charge in [-0.25, -0.2) is 0 Å². The van der Waals surface area contributed by atoms with E-state index in [1.807, 2.05) is 6.08 Å². The van der Waals surface area contributed by atoms with Crippen molar-refractivity contribution in [2.45, 2.75) is 13.3 Å². The molecular weight excluding hydrogens is 240 g/mol. The van der Waals surface area contributed by atoms with Crippen LogP contribution in [0.4, 0.5) is 5.69 Å². The van der Waals surface area contributed by atoms with Gasteiger partial charge in [0.25, 0.3) is 5.69 Å². The Morgan fingerprint density at radius 3 is 3.06 bits per heavy atom. The normalized spacial score (nSPS) is 10.6. The minimum Gasteiger partial charge on any atom is -0.288 e. The molecule has 0 saturated heterocycles. The van der Waals surface area contributed by atoms with Crippen molar-refractivity contribution in [3.63, 3.8) is 0 Å². The third kappa shape index (κ3) is 5.26. The van der Waals surface area contributed by atoms with Crippen molar-refractivity contribution in [2.75, 3.05) is 5.75 Å². The van der Waals surface area contributed by atoms with Crippen LogP contribution in [0.3, 0.4) is 0 Å². The minimum absolute atomic E-state index is 0.0257. The molecule has 17 heavy (non-hydrogen) atoms. The van der Waals surface area contributed by atoms with Crippen LogP contribution in [0.25, 0.3) is 6.08 Å². The molecule has 1 aromatic rings. The smallest absolute Gasteiger partial charge is 0.273 e. The van der Waals surface area contributed by atoms with E-state index in [9.17, 15) is 14.9 Å². The molecule has 0 aromatic carbocycles. The lowest BCUT2D eigenvalue weighted by Crippen LogP contribution is -1.89. The number of thioether (sulfide) groups is 1. The zero-order valence-corrected chi connectivity index (χ0v) is 10.1. The second-order valence-electron chi connectivity index (χ2n) is 3.23. The monoisotopic (exact) mass is 252 g/mol. The van der Waals surface area contributed by atoms with Gasteiger partial charge in [0.05, 0.1) is 10.6 Å². The van der Waals surface area contributed by atoms with Gasteiger partial charge in [0.15, 0.2) is 5.12 Å². The fraction of sp³-hybridized carbons (Fsp3) is 0.273. The fourth-order valence-electron chi connectivity index (χ4n) is 1.12. The molecule has 1 rings (SSSR count). The number of pyridine rings is 1. The van der Waals surface area contributed by atoms with Crippen LogP contribution in [-0.4, -0.2) is 20.8 Å². The van der Waals surface area contributed by atoms with Crippen molar-refractivity contribution < 1.29 is 9.72 Å². The van der Waals surface area contributed by atoms with Crippen molar-refractivity contribution in [3.8, 4) is 0 Å². The second kappa shape index (κ2) is 6.80. The maximum atomic E-state index is 10.6. The summed E-state index contributed by atoms with van der Waals surface area (Å²) in [5.41, 5.74) is 0.574. The van der Waals surface area contributed by atoms with Crippen LogP contribution < -0.4 is 0 Å². The van der Waals surface area contributed by atoms with Crippen molar-refractivity contribution in [1.29, 1.82) is 0 Å². The molecule has 0 bridgehead atoms. The first-order chi connectivity index (χ1) is 8.09. The molecule has 0 aliphatic carbocycles. The molecule has 0 unspecified atom stereocenters. The predicted molar refractivity (Wildman–Crippen MR) is 67.7 cm³/mol. The number of hydrogen-bond acceptors (Lipinski definition) is 5. The van der Waals surface area contributed by atoms with E-state index in [1.165, 1.54) is 37.0 Å². The molecule has 1 aromatic heterocycles. The molecule has 1 heterocycles. The predicted octanol–water partition coefficient (Wildman–Crippen LogP) is 2.67. The first-order valence-corrected chi connectivity index (χ1v) is 5.98. The Kier molecular flexibility index (Phi) is 5.35. The standard InChI is InChI=1S/C11H12N2O3S/c1-9(14)17-7-3-2-4-10-8-11(13(15)16)5-6-12-10/h2,4-6,8H,3,7H2,1H3. The lowest BCUT2D eigenvalue weighted by molar-refractivity contribution is -0.384. The highest BCUT2D eigenvalue weighted by Gasteiger charge is 2.04. The molecule has 0 saturated carbocycles. The Morgan fingerprint density at radius 2 is 2.41 bits per heavy atom. The Labute approximate surface area is 103 Å². The zero-order valence-electron chi connectivity index (χ0n) is 9.33. The number of carbonyl (C=O) groups is 1. The van der Waals surface area contributed by atoms with E-state index in [2.05, 4.69) is 4.98 Å². The highest BCUT2D eigenvalue weighted by molar-refractivity contribution is 8.13. The number of hydrogen-bond donors (Lipinski definition) is 0. The third-order valence-corrected chi connectivity index (χ3v) is 2.70. The Hall–Kier alpha value is -1.69. The van der Waals surface area contributed by atoms with Gasteiger partial charge in [0.2, 0.25) is 0 Å². The zero-order chi connectivity index (χ0) is 12.7. The maximum absolute atomic E-state index is 10.6. The van der Waals surface area contributed by atoms with Gasteiger partial charge >= 0.3 is 0 Å². The van der Waals surface area contributed by atoms with Gasteiger partial charge < -0.3 is 0 Å².